The summed E-state index contributed by atoms with van der Waals surface area (Å²) in [5.74, 6) is 0. The summed E-state index contributed by atoms with van der Waals surface area (Å²) in [5.41, 5.74) is 1.11. The normalized spacial score (nSPS) is 20.5. The molecule has 3 rings (SSSR count). The van der Waals surface area contributed by atoms with Crippen molar-refractivity contribution in [2.75, 3.05) is 19.7 Å². The van der Waals surface area contributed by atoms with E-state index in [2.05, 4.69) is 21.0 Å². The first kappa shape index (κ1) is 12.3. The molecule has 3 heterocycles. The van der Waals surface area contributed by atoms with Crippen molar-refractivity contribution in [3.63, 3.8) is 0 Å². The van der Waals surface area contributed by atoms with Gasteiger partial charge in [-0.25, -0.2) is 0 Å². The van der Waals surface area contributed by atoms with Crippen molar-refractivity contribution in [1.29, 1.82) is 0 Å². The first-order valence-electron chi connectivity index (χ1n) is 6.61. The summed E-state index contributed by atoms with van der Waals surface area (Å²) in [6, 6.07) is 7.99. The lowest BCUT2D eigenvalue weighted by atomic mass is 10.2. The van der Waals surface area contributed by atoms with Gasteiger partial charge in [0.1, 0.15) is 0 Å². The van der Waals surface area contributed by atoms with Gasteiger partial charge in [-0.1, -0.05) is 6.07 Å². The lowest BCUT2D eigenvalue weighted by Gasteiger charge is -2.32. The molecule has 1 aliphatic heterocycles. The van der Waals surface area contributed by atoms with Crippen LogP contribution in [0, 0.1) is 0 Å². The van der Waals surface area contributed by atoms with Crippen LogP contribution < -0.4 is 0 Å². The van der Waals surface area contributed by atoms with E-state index in [4.69, 9.17) is 4.74 Å². The maximum absolute atomic E-state index is 5.80. The summed E-state index contributed by atoms with van der Waals surface area (Å²) in [7, 11) is 0. The molecule has 1 aliphatic rings. The van der Waals surface area contributed by atoms with Gasteiger partial charge in [0.15, 0.2) is 0 Å². The molecule has 0 aliphatic carbocycles. The Morgan fingerprint density at radius 3 is 3.05 bits per heavy atom. The SMILES string of the molecule is c1ccc(CN2CCO[C@@H](Cn3cccn3)C2)nc1. The summed E-state index contributed by atoms with van der Waals surface area (Å²) < 4.78 is 7.72. The molecular formula is C14H18N4O. The fraction of sp³-hybridized carbons (Fsp3) is 0.429. The van der Waals surface area contributed by atoms with E-state index in [0.717, 1.165) is 38.5 Å². The predicted octanol–water partition coefficient (Wildman–Crippen LogP) is 1.18. The Labute approximate surface area is 112 Å². The van der Waals surface area contributed by atoms with Gasteiger partial charge in [-0.05, 0) is 18.2 Å². The van der Waals surface area contributed by atoms with E-state index in [1.165, 1.54) is 0 Å². The highest BCUT2D eigenvalue weighted by molar-refractivity contribution is 5.03. The summed E-state index contributed by atoms with van der Waals surface area (Å²) in [5, 5.41) is 4.23. The van der Waals surface area contributed by atoms with Crippen molar-refractivity contribution in [3.8, 4) is 0 Å². The number of ether oxygens (including phenoxy) is 1. The maximum Gasteiger partial charge on any atom is 0.0898 e. The number of hydrogen-bond acceptors (Lipinski definition) is 4. The lowest BCUT2D eigenvalue weighted by Crippen LogP contribution is -2.43. The van der Waals surface area contributed by atoms with Crippen LogP contribution in [0.4, 0.5) is 0 Å². The molecule has 5 nitrogen and oxygen atoms in total. The predicted molar refractivity (Wildman–Crippen MR) is 71.5 cm³/mol. The molecule has 2 aromatic heterocycles. The highest BCUT2D eigenvalue weighted by Crippen LogP contribution is 2.10. The standard InChI is InChI=1S/C14H18N4O/c1-2-5-15-13(4-1)10-17-8-9-19-14(11-17)12-18-7-3-6-16-18/h1-7,14H,8-12H2/t14-/m1/s1. The summed E-state index contributed by atoms with van der Waals surface area (Å²) in [6.07, 6.45) is 5.82. The molecule has 100 valence electrons. The zero-order chi connectivity index (χ0) is 12.9. The Bertz CT molecular complexity index is 485. The minimum absolute atomic E-state index is 0.206. The molecule has 2 aromatic rings. The molecule has 0 aromatic carbocycles. The lowest BCUT2D eigenvalue weighted by molar-refractivity contribution is -0.0405. The van der Waals surface area contributed by atoms with Crippen LogP contribution in [0.25, 0.3) is 0 Å². The van der Waals surface area contributed by atoms with Crippen LogP contribution in [0.5, 0.6) is 0 Å². The molecule has 1 saturated heterocycles. The van der Waals surface area contributed by atoms with Crippen molar-refractivity contribution in [1.82, 2.24) is 19.7 Å². The smallest absolute Gasteiger partial charge is 0.0898 e. The van der Waals surface area contributed by atoms with Gasteiger partial charge in [0, 0.05) is 38.2 Å². The molecule has 0 unspecified atom stereocenters. The zero-order valence-electron chi connectivity index (χ0n) is 10.9. The molecule has 0 spiro atoms. The number of morpholine rings is 1. The number of aromatic nitrogens is 3. The average molecular weight is 258 g/mol. The van der Waals surface area contributed by atoms with E-state index < -0.39 is 0 Å². The Balaban J connectivity index is 1.56. The minimum atomic E-state index is 0.206. The van der Waals surface area contributed by atoms with E-state index in [-0.39, 0.29) is 6.10 Å². The second kappa shape index (κ2) is 5.95. The molecule has 1 fully saturated rings. The van der Waals surface area contributed by atoms with Crippen LogP contribution in [-0.2, 0) is 17.8 Å². The third-order valence-corrected chi connectivity index (χ3v) is 3.28. The quantitative estimate of drug-likeness (QED) is 0.826. The molecule has 19 heavy (non-hydrogen) atoms. The van der Waals surface area contributed by atoms with Crippen LogP contribution in [-0.4, -0.2) is 45.5 Å². The average Bonchev–Trinajstić information content (AvgIpc) is 2.93. The van der Waals surface area contributed by atoms with Gasteiger partial charge in [-0.15, -0.1) is 0 Å². The molecular weight excluding hydrogens is 240 g/mol. The van der Waals surface area contributed by atoms with Crippen LogP contribution in [0.15, 0.2) is 42.9 Å². The van der Waals surface area contributed by atoms with Crippen molar-refractivity contribution in [3.05, 3.63) is 48.5 Å². The maximum atomic E-state index is 5.80. The second-order valence-electron chi connectivity index (χ2n) is 4.78. The Kier molecular flexibility index (Phi) is 3.86. The van der Waals surface area contributed by atoms with Crippen molar-refractivity contribution in [2.24, 2.45) is 0 Å². The summed E-state index contributed by atoms with van der Waals surface area (Å²) in [6.45, 7) is 4.37. The minimum Gasteiger partial charge on any atom is -0.374 e. The molecule has 5 heteroatoms. The van der Waals surface area contributed by atoms with Crippen molar-refractivity contribution in [2.45, 2.75) is 19.2 Å². The van der Waals surface area contributed by atoms with Gasteiger partial charge in [-0.2, -0.15) is 5.10 Å². The van der Waals surface area contributed by atoms with Crippen LogP contribution in [0.3, 0.4) is 0 Å². The van der Waals surface area contributed by atoms with E-state index >= 15 is 0 Å². The van der Waals surface area contributed by atoms with Gasteiger partial charge >= 0.3 is 0 Å². The molecule has 1 atom stereocenters. The second-order valence-corrected chi connectivity index (χ2v) is 4.78. The third kappa shape index (κ3) is 3.39. The zero-order valence-corrected chi connectivity index (χ0v) is 10.9. The van der Waals surface area contributed by atoms with Crippen LogP contribution in [0.1, 0.15) is 5.69 Å². The van der Waals surface area contributed by atoms with E-state index in [0.29, 0.717) is 0 Å². The van der Waals surface area contributed by atoms with Gasteiger partial charge in [-0.3, -0.25) is 14.6 Å². The van der Waals surface area contributed by atoms with Gasteiger partial charge < -0.3 is 4.74 Å². The molecule has 0 saturated carbocycles. The first-order valence-corrected chi connectivity index (χ1v) is 6.61. The van der Waals surface area contributed by atoms with Crippen LogP contribution in [0.2, 0.25) is 0 Å². The van der Waals surface area contributed by atoms with Gasteiger partial charge in [0.25, 0.3) is 0 Å². The van der Waals surface area contributed by atoms with E-state index in [9.17, 15) is 0 Å². The molecule has 0 radical (unpaired) electrons. The Morgan fingerprint density at radius 2 is 2.26 bits per heavy atom. The highest BCUT2D eigenvalue weighted by Gasteiger charge is 2.21. The summed E-state index contributed by atoms with van der Waals surface area (Å²) in [4.78, 5) is 6.76. The topological polar surface area (TPSA) is 43.2 Å². The highest BCUT2D eigenvalue weighted by atomic mass is 16.5. The number of hydrogen-bond donors (Lipinski definition) is 0. The van der Waals surface area contributed by atoms with Crippen molar-refractivity contribution < 1.29 is 4.74 Å². The largest absolute Gasteiger partial charge is 0.374 e. The van der Waals surface area contributed by atoms with E-state index in [1.54, 1.807) is 6.20 Å². The molecule has 0 N–H and O–H groups in total. The number of rotatable bonds is 4. The van der Waals surface area contributed by atoms with Crippen molar-refractivity contribution >= 4 is 0 Å². The Morgan fingerprint density at radius 1 is 1.26 bits per heavy atom. The molecule has 0 amide bonds. The van der Waals surface area contributed by atoms with E-state index in [1.807, 2.05) is 35.3 Å². The fourth-order valence-electron chi connectivity index (χ4n) is 2.37. The first-order chi connectivity index (χ1) is 9.40. The van der Waals surface area contributed by atoms with Gasteiger partial charge in [0.2, 0.25) is 0 Å². The number of nitrogens with zero attached hydrogens (tertiary/aromatic N) is 4. The van der Waals surface area contributed by atoms with Crippen LogP contribution >= 0.6 is 0 Å². The summed E-state index contributed by atoms with van der Waals surface area (Å²) >= 11 is 0. The third-order valence-electron chi connectivity index (χ3n) is 3.28. The molecule has 0 bridgehead atoms. The van der Waals surface area contributed by atoms with Gasteiger partial charge in [0.05, 0.1) is 24.9 Å². The Hall–Kier alpha value is -1.72. The fourth-order valence-corrected chi connectivity index (χ4v) is 2.37. The number of pyridine rings is 1. The monoisotopic (exact) mass is 258 g/mol.